The van der Waals surface area contributed by atoms with Crippen molar-refractivity contribution in [3.8, 4) is 0 Å². The molecule has 3 rings (SSSR count). The van der Waals surface area contributed by atoms with E-state index in [0.29, 0.717) is 26.0 Å². The van der Waals surface area contributed by atoms with Crippen LogP contribution in [0.3, 0.4) is 0 Å². The zero-order valence-electron chi connectivity index (χ0n) is 13.7. The molecule has 0 bridgehead atoms. The van der Waals surface area contributed by atoms with Crippen LogP contribution in [0, 0.1) is 0 Å². The molecule has 0 aliphatic heterocycles. The van der Waals surface area contributed by atoms with E-state index in [1.54, 1.807) is 24.3 Å². The van der Waals surface area contributed by atoms with Gasteiger partial charge in [0.25, 0.3) is 0 Å². The second-order valence-electron chi connectivity index (χ2n) is 5.24. The molecule has 3 aromatic rings. The molecule has 1 heterocycles. The molecule has 27 heavy (non-hydrogen) atoms. The van der Waals surface area contributed by atoms with Crippen molar-refractivity contribution in [2.75, 3.05) is 5.32 Å². The lowest BCUT2D eigenvalue weighted by Crippen LogP contribution is -2.07. The summed E-state index contributed by atoms with van der Waals surface area (Å²) in [6, 6.07) is 12.6. The van der Waals surface area contributed by atoms with Gasteiger partial charge in [0, 0.05) is 26.9 Å². The molecule has 0 spiro atoms. The molecule has 0 aliphatic carbocycles. The molecule has 0 fully saturated rings. The minimum atomic E-state index is -0.302. The summed E-state index contributed by atoms with van der Waals surface area (Å²) in [5, 5.41) is 12.9. The lowest BCUT2D eigenvalue weighted by Gasteiger charge is -2.02. The maximum Gasteiger partial charge on any atom is 0.250 e. The van der Waals surface area contributed by atoms with Gasteiger partial charge in [-0.05, 0) is 35.4 Å². The third-order valence-corrected chi connectivity index (χ3v) is 6.27. The summed E-state index contributed by atoms with van der Waals surface area (Å²) in [7, 11) is 0. The Balaban J connectivity index is 1.56. The van der Waals surface area contributed by atoms with Crippen LogP contribution in [-0.2, 0) is 10.5 Å². The average Bonchev–Trinajstić information content (AvgIpc) is 3.07. The zero-order valence-corrected chi connectivity index (χ0v) is 17.6. The molecule has 0 saturated carbocycles. The van der Waals surface area contributed by atoms with Crippen LogP contribution in [0.5, 0.6) is 0 Å². The highest BCUT2D eigenvalue weighted by molar-refractivity contribution is 8.00. The number of amides is 1. The molecule has 0 unspecified atom stereocenters. The third kappa shape index (κ3) is 5.96. The highest BCUT2D eigenvalue weighted by atomic mass is 35.5. The van der Waals surface area contributed by atoms with Crippen molar-refractivity contribution in [3.05, 3.63) is 74.7 Å². The molecule has 1 N–H and O–H groups in total. The minimum Gasteiger partial charge on any atom is -0.297 e. The summed E-state index contributed by atoms with van der Waals surface area (Å²) in [6.45, 7) is 0. The van der Waals surface area contributed by atoms with E-state index < -0.39 is 0 Å². The fourth-order valence-corrected chi connectivity index (χ4v) is 4.53. The number of thioether (sulfide) groups is 1. The molecule has 9 heteroatoms. The summed E-state index contributed by atoms with van der Waals surface area (Å²) in [4.78, 5) is 12.0. The number of nitrogens with one attached hydrogen (secondary N) is 1. The molecular formula is C18H12Cl3N3OS2. The first kappa shape index (κ1) is 20.2. The van der Waals surface area contributed by atoms with E-state index in [2.05, 4.69) is 15.5 Å². The van der Waals surface area contributed by atoms with E-state index >= 15 is 0 Å². The van der Waals surface area contributed by atoms with Crippen LogP contribution in [0.2, 0.25) is 15.1 Å². The third-order valence-electron chi connectivity index (χ3n) is 3.32. The number of anilines is 1. The van der Waals surface area contributed by atoms with Gasteiger partial charge in [-0.3, -0.25) is 10.1 Å². The smallest absolute Gasteiger partial charge is 0.250 e. The predicted molar refractivity (Wildman–Crippen MR) is 115 cm³/mol. The second kappa shape index (κ2) is 9.57. The molecule has 0 saturated heterocycles. The maximum atomic E-state index is 12.0. The molecule has 138 valence electrons. The van der Waals surface area contributed by atoms with E-state index in [1.165, 1.54) is 29.2 Å². The number of carbonyl (C=O) groups is 1. The van der Waals surface area contributed by atoms with Crippen molar-refractivity contribution in [1.82, 2.24) is 10.2 Å². The molecular weight excluding hydrogens is 445 g/mol. The Morgan fingerprint density at radius 1 is 1.11 bits per heavy atom. The van der Waals surface area contributed by atoms with Gasteiger partial charge in [-0.25, -0.2) is 0 Å². The number of halogens is 3. The average molecular weight is 457 g/mol. The molecule has 0 aliphatic rings. The molecule has 0 atom stereocenters. The molecule has 2 aromatic carbocycles. The van der Waals surface area contributed by atoms with Crippen LogP contribution in [-0.4, -0.2) is 16.1 Å². The Kier molecular flexibility index (Phi) is 7.15. The summed E-state index contributed by atoms with van der Waals surface area (Å²) in [5.74, 6) is 0.328. The van der Waals surface area contributed by atoms with Crippen LogP contribution >= 0.6 is 57.9 Å². The van der Waals surface area contributed by atoms with Gasteiger partial charge >= 0.3 is 0 Å². The van der Waals surface area contributed by atoms with Gasteiger partial charge in [0.2, 0.25) is 11.0 Å². The van der Waals surface area contributed by atoms with Crippen LogP contribution < -0.4 is 5.32 Å². The first-order chi connectivity index (χ1) is 13.0. The first-order valence-electron chi connectivity index (χ1n) is 7.65. The lowest BCUT2D eigenvalue weighted by atomic mass is 10.2. The summed E-state index contributed by atoms with van der Waals surface area (Å²) in [5.41, 5.74) is 1.72. The Hall–Kier alpha value is -1.57. The van der Waals surface area contributed by atoms with Crippen LogP contribution in [0.25, 0.3) is 6.08 Å². The van der Waals surface area contributed by atoms with E-state index in [9.17, 15) is 4.79 Å². The van der Waals surface area contributed by atoms with Gasteiger partial charge in [0.15, 0.2) is 4.34 Å². The predicted octanol–water partition coefficient (Wildman–Crippen LogP) is 6.44. The van der Waals surface area contributed by atoms with Crippen LogP contribution in [0.15, 0.2) is 52.9 Å². The highest BCUT2D eigenvalue weighted by Crippen LogP contribution is 2.31. The van der Waals surface area contributed by atoms with E-state index in [-0.39, 0.29) is 5.91 Å². The van der Waals surface area contributed by atoms with E-state index in [1.807, 2.05) is 24.3 Å². The fraction of sp³-hybridized carbons (Fsp3) is 0.0556. The Morgan fingerprint density at radius 2 is 1.93 bits per heavy atom. The van der Waals surface area contributed by atoms with E-state index in [4.69, 9.17) is 34.8 Å². The van der Waals surface area contributed by atoms with Gasteiger partial charge in [0.05, 0.1) is 0 Å². The first-order valence-corrected chi connectivity index (χ1v) is 10.6. The number of rotatable bonds is 6. The van der Waals surface area contributed by atoms with Gasteiger partial charge < -0.3 is 0 Å². The number of carbonyl (C=O) groups excluding carboxylic acids is 1. The Morgan fingerprint density at radius 3 is 2.70 bits per heavy atom. The Bertz CT molecular complexity index is 991. The number of benzene rings is 2. The fourth-order valence-electron chi connectivity index (χ4n) is 2.02. The quantitative estimate of drug-likeness (QED) is 0.263. The topological polar surface area (TPSA) is 54.9 Å². The molecule has 1 aromatic heterocycles. The summed E-state index contributed by atoms with van der Waals surface area (Å²) >= 11 is 20.9. The van der Waals surface area contributed by atoms with Crippen molar-refractivity contribution in [2.24, 2.45) is 0 Å². The lowest BCUT2D eigenvalue weighted by molar-refractivity contribution is -0.111. The normalized spacial score (nSPS) is 11.1. The van der Waals surface area contributed by atoms with Crippen molar-refractivity contribution in [3.63, 3.8) is 0 Å². The molecule has 0 radical (unpaired) electrons. The standard InChI is InChI=1S/C18H12Cl3N3OS2/c19-13-7-5-12(15(21)9-13)10-26-18-24-23-17(27-18)22-16(25)8-6-11-3-1-2-4-14(11)20/h1-9H,10H2,(H,22,23,25)/b8-6+. The van der Waals surface area contributed by atoms with Gasteiger partial charge in [-0.15, -0.1) is 10.2 Å². The van der Waals surface area contributed by atoms with Crippen molar-refractivity contribution in [2.45, 2.75) is 10.1 Å². The largest absolute Gasteiger partial charge is 0.297 e. The van der Waals surface area contributed by atoms with Gasteiger partial charge in [-0.2, -0.15) is 0 Å². The van der Waals surface area contributed by atoms with Gasteiger partial charge in [-0.1, -0.05) is 82.2 Å². The number of hydrogen-bond donors (Lipinski definition) is 1. The molecule has 1 amide bonds. The minimum absolute atomic E-state index is 0.302. The number of nitrogens with zero attached hydrogens (tertiary/aromatic N) is 2. The highest BCUT2D eigenvalue weighted by Gasteiger charge is 2.09. The van der Waals surface area contributed by atoms with Crippen molar-refractivity contribution >= 4 is 75.0 Å². The Labute approximate surface area is 179 Å². The van der Waals surface area contributed by atoms with E-state index in [0.717, 1.165) is 15.5 Å². The summed E-state index contributed by atoms with van der Waals surface area (Å²) in [6.07, 6.45) is 3.06. The zero-order chi connectivity index (χ0) is 19.2. The molecule has 4 nitrogen and oxygen atoms in total. The SMILES string of the molecule is O=C(/C=C/c1ccccc1Cl)Nc1nnc(SCc2ccc(Cl)cc2Cl)s1. The second-order valence-corrected chi connectivity index (χ2v) is 8.69. The van der Waals surface area contributed by atoms with Gasteiger partial charge in [0.1, 0.15) is 0 Å². The van der Waals surface area contributed by atoms with Crippen molar-refractivity contribution in [1.29, 1.82) is 0 Å². The van der Waals surface area contributed by atoms with Crippen LogP contribution in [0.4, 0.5) is 5.13 Å². The monoisotopic (exact) mass is 455 g/mol. The van der Waals surface area contributed by atoms with Crippen LogP contribution in [0.1, 0.15) is 11.1 Å². The van der Waals surface area contributed by atoms with Crippen molar-refractivity contribution < 1.29 is 4.79 Å². The summed E-state index contributed by atoms with van der Waals surface area (Å²) < 4.78 is 0.728. The number of aromatic nitrogens is 2. The maximum absolute atomic E-state index is 12.0. The number of hydrogen-bond acceptors (Lipinski definition) is 5.